The zero-order valence-electron chi connectivity index (χ0n) is 9.76. The van der Waals surface area contributed by atoms with Crippen molar-refractivity contribution in [2.75, 3.05) is 0 Å². The zero-order valence-corrected chi connectivity index (χ0v) is 9.76. The van der Waals surface area contributed by atoms with E-state index in [1.807, 2.05) is 0 Å². The summed E-state index contributed by atoms with van der Waals surface area (Å²) < 4.78 is 0. The van der Waals surface area contributed by atoms with Gasteiger partial charge in [-0.15, -0.1) is 0 Å². The van der Waals surface area contributed by atoms with Crippen LogP contribution in [0, 0.1) is 0 Å². The van der Waals surface area contributed by atoms with E-state index in [0.29, 0.717) is 0 Å². The van der Waals surface area contributed by atoms with Gasteiger partial charge in [0.1, 0.15) is 6.29 Å². The smallest absolute Gasteiger partial charge is 0.116 e. The highest BCUT2D eigenvalue weighted by Crippen LogP contribution is 2.24. The average molecular weight is 222 g/mol. The van der Waals surface area contributed by atoms with Crippen molar-refractivity contribution in [3.63, 3.8) is 0 Å². The molecule has 0 aromatic heterocycles. The second kappa shape index (κ2) is 5.26. The largest absolute Gasteiger partial charge is 0.304 e. The van der Waals surface area contributed by atoms with E-state index < -0.39 is 0 Å². The molecule has 0 N–H and O–H groups in total. The molecule has 0 spiro atoms. The number of rotatable bonds is 0. The second-order valence-electron chi connectivity index (χ2n) is 3.74. The van der Waals surface area contributed by atoms with E-state index in [1.54, 1.807) is 0 Å². The molecule has 0 unspecified atom stereocenters. The molecule has 0 atom stereocenters. The second-order valence-corrected chi connectivity index (χ2v) is 3.74. The van der Waals surface area contributed by atoms with Gasteiger partial charge in [-0.3, -0.25) is 0 Å². The molecule has 0 amide bonds. The van der Waals surface area contributed by atoms with Crippen molar-refractivity contribution in [2.45, 2.75) is 6.92 Å². The van der Waals surface area contributed by atoms with Gasteiger partial charge < -0.3 is 4.79 Å². The lowest BCUT2D eigenvalue weighted by Gasteiger charge is -2.02. The van der Waals surface area contributed by atoms with Crippen molar-refractivity contribution in [1.82, 2.24) is 0 Å². The van der Waals surface area contributed by atoms with Crippen molar-refractivity contribution >= 4 is 27.8 Å². The van der Waals surface area contributed by atoms with Crippen LogP contribution in [0.1, 0.15) is 6.92 Å². The fraction of sp³-hybridized carbons (Fsp3) is 0.0625. The Morgan fingerprint density at radius 2 is 1.06 bits per heavy atom. The molecule has 0 saturated heterocycles. The van der Waals surface area contributed by atoms with Crippen molar-refractivity contribution in [2.24, 2.45) is 0 Å². The molecule has 3 aromatic carbocycles. The molecule has 1 heteroatoms. The summed E-state index contributed by atoms with van der Waals surface area (Å²) in [5.74, 6) is 0. The molecule has 1 nitrogen and oxygen atoms in total. The van der Waals surface area contributed by atoms with Crippen LogP contribution in [0.3, 0.4) is 0 Å². The maximum absolute atomic E-state index is 8.81. The van der Waals surface area contributed by atoms with Gasteiger partial charge in [0.15, 0.2) is 0 Å². The minimum absolute atomic E-state index is 0.750. The van der Waals surface area contributed by atoms with Crippen molar-refractivity contribution in [3.05, 3.63) is 60.7 Å². The van der Waals surface area contributed by atoms with Crippen LogP contribution in [-0.2, 0) is 4.79 Å². The molecule has 3 aromatic rings. The van der Waals surface area contributed by atoms with E-state index in [4.69, 9.17) is 4.79 Å². The van der Waals surface area contributed by atoms with E-state index in [9.17, 15) is 0 Å². The number of hydrogen-bond donors (Lipinski definition) is 0. The van der Waals surface area contributed by atoms with Gasteiger partial charge in [0.2, 0.25) is 0 Å². The first-order chi connectivity index (χ1) is 8.36. The van der Waals surface area contributed by atoms with Crippen LogP contribution in [0.15, 0.2) is 60.7 Å². The van der Waals surface area contributed by atoms with E-state index in [0.717, 1.165) is 6.29 Å². The summed E-state index contributed by atoms with van der Waals surface area (Å²) in [6.45, 7) is 1.44. The molecular formula is C16H14O. The van der Waals surface area contributed by atoms with Crippen LogP contribution >= 0.6 is 0 Å². The van der Waals surface area contributed by atoms with Crippen molar-refractivity contribution in [3.8, 4) is 0 Å². The third kappa shape index (κ3) is 2.34. The molecule has 0 heterocycles. The summed E-state index contributed by atoms with van der Waals surface area (Å²) >= 11 is 0. The average Bonchev–Trinajstić information content (AvgIpc) is 2.40. The third-order valence-electron chi connectivity index (χ3n) is 2.65. The molecule has 0 bridgehead atoms. The van der Waals surface area contributed by atoms with E-state index >= 15 is 0 Å². The molecule has 0 fully saturated rings. The van der Waals surface area contributed by atoms with E-state index in [2.05, 4.69) is 60.7 Å². The van der Waals surface area contributed by atoms with Crippen LogP contribution in [0.2, 0.25) is 0 Å². The van der Waals surface area contributed by atoms with Crippen LogP contribution in [-0.4, -0.2) is 6.29 Å². The Balaban J connectivity index is 0.000000329. The molecule has 17 heavy (non-hydrogen) atoms. The minimum Gasteiger partial charge on any atom is -0.304 e. The number of aldehydes is 1. The van der Waals surface area contributed by atoms with Gasteiger partial charge in [0.25, 0.3) is 0 Å². The molecule has 84 valence electrons. The first-order valence-electron chi connectivity index (χ1n) is 5.63. The van der Waals surface area contributed by atoms with Crippen LogP contribution in [0.25, 0.3) is 21.5 Å². The topological polar surface area (TPSA) is 17.1 Å². The van der Waals surface area contributed by atoms with Crippen molar-refractivity contribution < 1.29 is 4.79 Å². The molecule has 3 rings (SSSR count). The maximum Gasteiger partial charge on any atom is 0.116 e. The summed E-state index contributed by atoms with van der Waals surface area (Å²) in [5, 5.41) is 5.30. The number of hydrogen-bond acceptors (Lipinski definition) is 1. The van der Waals surface area contributed by atoms with E-state index in [1.165, 1.54) is 28.5 Å². The van der Waals surface area contributed by atoms with Gasteiger partial charge >= 0.3 is 0 Å². The Morgan fingerprint density at radius 1 is 0.706 bits per heavy atom. The first-order valence-corrected chi connectivity index (χ1v) is 5.63. The molecule has 0 aliphatic heterocycles. The highest BCUT2D eigenvalue weighted by molar-refractivity contribution is 6.07. The van der Waals surface area contributed by atoms with Crippen LogP contribution < -0.4 is 0 Å². The van der Waals surface area contributed by atoms with Gasteiger partial charge in [-0.2, -0.15) is 0 Å². The molecule has 0 aliphatic rings. The minimum atomic E-state index is 0.750. The summed E-state index contributed by atoms with van der Waals surface area (Å²) in [6, 6.07) is 21.4. The highest BCUT2D eigenvalue weighted by atomic mass is 16.1. The predicted molar refractivity (Wildman–Crippen MR) is 73.2 cm³/mol. The Labute approximate surface area is 101 Å². The van der Waals surface area contributed by atoms with Gasteiger partial charge in [-0.05, 0) is 28.5 Å². The SMILES string of the molecule is CC=O.c1ccc2c(c1)ccc1ccccc12. The number of carbonyl (C=O) groups excluding carboxylic acids is 1. The Morgan fingerprint density at radius 3 is 1.47 bits per heavy atom. The molecular weight excluding hydrogens is 208 g/mol. The standard InChI is InChI=1S/C14H10.C2H4O/c1-3-7-13-11(5-1)9-10-12-6-2-4-8-14(12)13;1-2-3/h1-10H;2H,1H3. The zero-order chi connectivity index (χ0) is 12.1. The fourth-order valence-corrected chi connectivity index (χ4v) is 1.95. The maximum atomic E-state index is 8.81. The lowest BCUT2D eigenvalue weighted by molar-refractivity contribution is -0.106. The van der Waals surface area contributed by atoms with Crippen LogP contribution in [0.4, 0.5) is 0 Å². The number of fused-ring (bicyclic) bond motifs is 3. The molecule has 0 radical (unpaired) electrons. The van der Waals surface area contributed by atoms with E-state index in [-0.39, 0.29) is 0 Å². The number of carbonyl (C=O) groups is 1. The Bertz CT molecular complexity index is 586. The summed E-state index contributed by atoms with van der Waals surface area (Å²) in [6.07, 6.45) is 0.750. The van der Waals surface area contributed by atoms with Gasteiger partial charge in [-0.1, -0.05) is 60.7 Å². The number of benzene rings is 3. The fourth-order valence-electron chi connectivity index (χ4n) is 1.95. The van der Waals surface area contributed by atoms with Gasteiger partial charge in [0, 0.05) is 0 Å². The predicted octanol–water partition coefficient (Wildman–Crippen LogP) is 4.20. The third-order valence-corrected chi connectivity index (χ3v) is 2.65. The van der Waals surface area contributed by atoms with Crippen molar-refractivity contribution in [1.29, 1.82) is 0 Å². The molecule has 0 saturated carbocycles. The highest BCUT2D eigenvalue weighted by Gasteiger charge is 1.97. The summed E-state index contributed by atoms with van der Waals surface area (Å²) in [4.78, 5) is 8.81. The Kier molecular flexibility index (Phi) is 3.51. The lowest BCUT2D eigenvalue weighted by atomic mass is 10.0. The summed E-state index contributed by atoms with van der Waals surface area (Å²) in [7, 11) is 0. The first kappa shape index (κ1) is 11.3. The summed E-state index contributed by atoms with van der Waals surface area (Å²) in [5.41, 5.74) is 0. The quantitative estimate of drug-likeness (QED) is 0.411. The Hall–Kier alpha value is -2.15. The normalized spacial score (nSPS) is 9.71. The lowest BCUT2D eigenvalue weighted by Crippen LogP contribution is -1.75. The van der Waals surface area contributed by atoms with Crippen LogP contribution in [0.5, 0.6) is 0 Å². The van der Waals surface area contributed by atoms with Gasteiger partial charge in [-0.25, -0.2) is 0 Å². The molecule has 0 aliphatic carbocycles. The van der Waals surface area contributed by atoms with Gasteiger partial charge in [0.05, 0.1) is 0 Å². The monoisotopic (exact) mass is 222 g/mol.